The number of aryl methyl sites for hydroxylation is 1. The Kier molecular flexibility index (Phi) is 3.50. The molecule has 0 bridgehead atoms. The normalized spacial score (nSPS) is 15.3. The Hall–Kier alpha value is -2.05. The lowest BCUT2D eigenvalue weighted by atomic mass is 9.97. The van der Waals surface area contributed by atoms with Crippen LogP contribution in [0.3, 0.4) is 0 Å². The number of rotatable bonds is 4. The summed E-state index contributed by atoms with van der Waals surface area (Å²) < 4.78 is 5.22. The monoisotopic (exact) mass is 253 g/mol. The van der Waals surface area contributed by atoms with Crippen LogP contribution in [-0.2, 0) is 11.3 Å². The van der Waals surface area contributed by atoms with Crippen LogP contribution in [0.15, 0.2) is 10.6 Å². The van der Waals surface area contributed by atoms with Crippen LogP contribution in [0.2, 0.25) is 0 Å². The summed E-state index contributed by atoms with van der Waals surface area (Å²) in [5.41, 5.74) is 0. The van der Waals surface area contributed by atoms with Crippen LogP contribution in [0.25, 0.3) is 0 Å². The molecule has 0 aliphatic carbocycles. The third-order valence-corrected chi connectivity index (χ3v) is 2.77. The van der Waals surface area contributed by atoms with Crippen LogP contribution in [-0.4, -0.2) is 40.1 Å². The van der Waals surface area contributed by atoms with Gasteiger partial charge in [0.2, 0.25) is 5.89 Å². The van der Waals surface area contributed by atoms with Crippen molar-refractivity contribution in [2.75, 3.05) is 13.1 Å². The summed E-state index contributed by atoms with van der Waals surface area (Å²) >= 11 is 0. The molecule has 98 valence electrons. The van der Waals surface area contributed by atoms with Crippen LogP contribution in [0.1, 0.15) is 18.1 Å². The average Bonchev–Trinajstić information content (AvgIpc) is 2.65. The molecule has 1 fully saturated rings. The van der Waals surface area contributed by atoms with Gasteiger partial charge in [-0.15, -0.1) is 0 Å². The second-order valence-corrected chi connectivity index (χ2v) is 4.39. The van der Waals surface area contributed by atoms with Gasteiger partial charge >= 0.3 is 12.0 Å². The largest absolute Gasteiger partial charge is 0.481 e. The Balaban J connectivity index is 1.69. The summed E-state index contributed by atoms with van der Waals surface area (Å²) in [6.07, 6.45) is 1.71. The van der Waals surface area contributed by atoms with Crippen molar-refractivity contribution >= 4 is 12.0 Å². The molecule has 18 heavy (non-hydrogen) atoms. The number of carboxylic acid groups (broad SMARTS) is 1. The summed E-state index contributed by atoms with van der Waals surface area (Å²) in [5.74, 6) is 0.403. The first-order valence-corrected chi connectivity index (χ1v) is 5.70. The van der Waals surface area contributed by atoms with Gasteiger partial charge in [0, 0.05) is 19.0 Å². The molecule has 0 radical (unpaired) electrons. The van der Waals surface area contributed by atoms with E-state index in [9.17, 15) is 9.59 Å². The van der Waals surface area contributed by atoms with Crippen molar-refractivity contribution in [2.45, 2.75) is 19.9 Å². The summed E-state index contributed by atoms with van der Waals surface area (Å²) in [4.78, 5) is 27.6. The van der Waals surface area contributed by atoms with Crippen molar-refractivity contribution in [3.05, 3.63) is 17.8 Å². The first kappa shape index (κ1) is 12.4. The number of aliphatic carboxylic acids is 1. The molecular formula is C11H15N3O4. The highest BCUT2D eigenvalue weighted by Gasteiger charge is 2.31. The Labute approximate surface area is 104 Å². The van der Waals surface area contributed by atoms with Gasteiger partial charge in [0.05, 0.1) is 19.2 Å². The molecule has 0 spiro atoms. The lowest BCUT2D eigenvalue weighted by Crippen LogP contribution is -2.54. The molecule has 2 heterocycles. The highest BCUT2D eigenvalue weighted by atomic mass is 16.4. The van der Waals surface area contributed by atoms with Crippen LogP contribution < -0.4 is 5.32 Å². The molecule has 1 aromatic rings. The molecule has 0 saturated carbocycles. The number of urea groups is 1. The van der Waals surface area contributed by atoms with Crippen molar-refractivity contribution < 1.29 is 19.1 Å². The number of nitrogens with zero attached hydrogens (tertiary/aromatic N) is 2. The lowest BCUT2D eigenvalue weighted by molar-refractivity contribution is -0.139. The highest BCUT2D eigenvalue weighted by Crippen LogP contribution is 2.18. The summed E-state index contributed by atoms with van der Waals surface area (Å²) in [6.45, 7) is 3.00. The second kappa shape index (κ2) is 5.07. The summed E-state index contributed by atoms with van der Waals surface area (Å²) in [7, 11) is 0. The molecule has 7 nitrogen and oxygen atoms in total. The fourth-order valence-corrected chi connectivity index (χ4v) is 1.86. The topological polar surface area (TPSA) is 95.7 Å². The fraction of sp³-hybridized carbons (Fsp3) is 0.545. The maximum Gasteiger partial charge on any atom is 0.317 e. The van der Waals surface area contributed by atoms with Crippen molar-refractivity contribution in [3.8, 4) is 0 Å². The van der Waals surface area contributed by atoms with Crippen molar-refractivity contribution in [3.63, 3.8) is 0 Å². The number of nitrogens with one attached hydrogen (secondary N) is 1. The van der Waals surface area contributed by atoms with E-state index in [4.69, 9.17) is 9.52 Å². The van der Waals surface area contributed by atoms with E-state index in [0.29, 0.717) is 24.7 Å². The van der Waals surface area contributed by atoms with E-state index in [1.807, 2.05) is 0 Å². The van der Waals surface area contributed by atoms with E-state index in [1.54, 1.807) is 18.0 Å². The minimum absolute atomic E-state index is 0.0669. The van der Waals surface area contributed by atoms with Gasteiger partial charge in [0.15, 0.2) is 0 Å². The maximum absolute atomic E-state index is 11.6. The first-order chi connectivity index (χ1) is 8.54. The number of likely N-dealkylation sites (tertiary alicyclic amines) is 1. The van der Waals surface area contributed by atoms with E-state index < -0.39 is 5.97 Å². The van der Waals surface area contributed by atoms with E-state index in [-0.39, 0.29) is 24.9 Å². The molecule has 1 aliphatic rings. The predicted octanol–water partition coefficient (Wildman–Crippen LogP) is 0.599. The van der Waals surface area contributed by atoms with Gasteiger partial charge in [-0.05, 0) is 6.92 Å². The van der Waals surface area contributed by atoms with Gasteiger partial charge in [0.1, 0.15) is 5.76 Å². The molecule has 1 saturated heterocycles. The van der Waals surface area contributed by atoms with E-state index in [1.165, 1.54) is 0 Å². The zero-order chi connectivity index (χ0) is 13.1. The number of aromatic nitrogens is 1. The molecule has 2 amide bonds. The van der Waals surface area contributed by atoms with Gasteiger partial charge in [-0.2, -0.15) is 0 Å². The molecule has 7 heteroatoms. The van der Waals surface area contributed by atoms with E-state index in [2.05, 4.69) is 10.3 Å². The third-order valence-electron chi connectivity index (χ3n) is 2.77. The molecule has 0 unspecified atom stereocenters. The van der Waals surface area contributed by atoms with E-state index >= 15 is 0 Å². The van der Waals surface area contributed by atoms with Crippen LogP contribution in [0.4, 0.5) is 4.79 Å². The Morgan fingerprint density at radius 1 is 1.61 bits per heavy atom. The molecule has 0 aromatic carbocycles. The summed E-state index contributed by atoms with van der Waals surface area (Å²) in [5, 5.41) is 11.3. The SMILES string of the molecule is Cc1cnc(CNC(=O)N2CC(CC(=O)O)C2)o1. The smallest absolute Gasteiger partial charge is 0.317 e. The van der Waals surface area contributed by atoms with Gasteiger partial charge in [0.25, 0.3) is 0 Å². The number of carbonyl (C=O) groups is 2. The molecule has 2 rings (SSSR count). The van der Waals surface area contributed by atoms with Gasteiger partial charge in [-0.25, -0.2) is 9.78 Å². The lowest BCUT2D eigenvalue weighted by Gasteiger charge is -2.38. The number of oxazole rings is 1. The Bertz CT molecular complexity index is 451. The standard InChI is InChI=1S/C11H15N3O4/c1-7-3-12-9(18-7)4-13-11(17)14-5-8(6-14)2-10(15)16/h3,8H,2,4-6H2,1H3,(H,13,17)(H,15,16). The second-order valence-electron chi connectivity index (χ2n) is 4.39. The first-order valence-electron chi connectivity index (χ1n) is 5.70. The molecule has 1 aliphatic heterocycles. The molecule has 2 N–H and O–H groups in total. The molecule has 0 atom stereocenters. The maximum atomic E-state index is 11.6. The van der Waals surface area contributed by atoms with E-state index in [0.717, 1.165) is 0 Å². The minimum Gasteiger partial charge on any atom is -0.481 e. The van der Waals surface area contributed by atoms with Gasteiger partial charge in [-0.3, -0.25) is 4.79 Å². The number of hydrogen-bond acceptors (Lipinski definition) is 4. The zero-order valence-electron chi connectivity index (χ0n) is 10.0. The number of amides is 2. The Morgan fingerprint density at radius 3 is 2.89 bits per heavy atom. The number of hydrogen-bond donors (Lipinski definition) is 2. The quantitative estimate of drug-likeness (QED) is 0.819. The van der Waals surface area contributed by atoms with Gasteiger partial charge < -0.3 is 19.7 Å². The Morgan fingerprint density at radius 2 is 2.33 bits per heavy atom. The van der Waals surface area contributed by atoms with Crippen LogP contribution >= 0.6 is 0 Å². The fourth-order valence-electron chi connectivity index (χ4n) is 1.86. The van der Waals surface area contributed by atoms with Crippen molar-refractivity contribution in [1.82, 2.24) is 15.2 Å². The predicted molar refractivity (Wildman–Crippen MR) is 60.8 cm³/mol. The van der Waals surface area contributed by atoms with Crippen molar-refractivity contribution in [1.29, 1.82) is 0 Å². The number of carbonyl (C=O) groups excluding carboxylic acids is 1. The highest BCUT2D eigenvalue weighted by molar-refractivity contribution is 5.75. The minimum atomic E-state index is -0.824. The summed E-state index contributed by atoms with van der Waals surface area (Å²) in [6, 6.07) is -0.215. The van der Waals surface area contributed by atoms with Gasteiger partial charge in [-0.1, -0.05) is 0 Å². The average molecular weight is 253 g/mol. The molecular weight excluding hydrogens is 238 g/mol. The zero-order valence-corrected chi connectivity index (χ0v) is 10.0. The van der Waals surface area contributed by atoms with Crippen LogP contribution in [0, 0.1) is 12.8 Å². The number of carboxylic acids is 1. The van der Waals surface area contributed by atoms with Crippen LogP contribution in [0.5, 0.6) is 0 Å². The third kappa shape index (κ3) is 2.99. The molecule has 1 aromatic heterocycles. The van der Waals surface area contributed by atoms with Crippen molar-refractivity contribution in [2.24, 2.45) is 5.92 Å².